The van der Waals surface area contributed by atoms with Gasteiger partial charge >= 0.3 is 0 Å². The fourth-order valence-corrected chi connectivity index (χ4v) is 3.15. The van der Waals surface area contributed by atoms with E-state index in [1.54, 1.807) is 12.1 Å². The lowest BCUT2D eigenvalue weighted by Gasteiger charge is -2.43. The van der Waals surface area contributed by atoms with Gasteiger partial charge in [-0.05, 0) is 30.9 Å². The number of hydrogen-bond donors (Lipinski definition) is 2. The molecule has 1 aliphatic carbocycles. The monoisotopic (exact) mass is 297 g/mol. The van der Waals surface area contributed by atoms with Crippen LogP contribution in [0.4, 0.5) is 11.4 Å². The molecule has 6 heteroatoms. The highest BCUT2D eigenvalue weighted by Gasteiger charge is 2.38. The number of nitrogens with one attached hydrogen (secondary N) is 1. The van der Waals surface area contributed by atoms with Gasteiger partial charge in [-0.1, -0.05) is 31.4 Å². The smallest absolute Gasteiger partial charge is 0.293 e. The zero-order chi connectivity index (χ0) is 14.8. The molecular formula is C14H20ClN3O2. The number of rotatable bonds is 4. The van der Waals surface area contributed by atoms with Crippen LogP contribution in [0.5, 0.6) is 0 Å². The van der Waals surface area contributed by atoms with Gasteiger partial charge in [0, 0.05) is 17.6 Å². The maximum absolute atomic E-state index is 11.2. The van der Waals surface area contributed by atoms with Gasteiger partial charge in [0.15, 0.2) is 0 Å². The summed E-state index contributed by atoms with van der Waals surface area (Å²) in [7, 11) is 0. The lowest BCUT2D eigenvalue weighted by Crippen LogP contribution is -2.52. The molecule has 1 aliphatic rings. The lowest BCUT2D eigenvalue weighted by atomic mass is 9.73. The minimum atomic E-state index is -0.411. The Balaban J connectivity index is 2.34. The average Bonchev–Trinajstić information content (AvgIpc) is 2.43. The Morgan fingerprint density at radius 1 is 1.55 bits per heavy atom. The van der Waals surface area contributed by atoms with Gasteiger partial charge in [-0.15, -0.1) is 0 Å². The van der Waals surface area contributed by atoms with E-state index in [0.29, 0.717) is 23.2 Å². The molecule has 0 amide bonds. The van der Waals surface area contributed by atoms with Gasteiger partial charge < -0.3 is 11.1 Å². The number of anilines is 1. The van der Waals surface area contributed by atoms with Gasteiger partial charge in [0.25, 0.3) is 5.69 Å². The number of hydrogen-bond acceptors (Lipinski definition) is 4. The molecule has 3 N–H and O–H groups in total. The molecule has 0 radical (unpaired) electrons. The summed E-state index contributed by atoms with van der Waals surface area (Å²) in [6.45, 7) is 2.62. The molecule has 110 valence electrons. The number of nitro benzene ring substituents is 1. The first-order valence-corrected chi connectivity index (χ1v) is 7.28. The van der Waals surface area contributed by atoms with Crippen LogP contribution in [0.3, 0.4) is 0 Å². The van der Waals surface area contributed by atoms with E-state index in [-0.39, 0.29) is 11.2 Å². The zero-order valence-electron chi connectivity index (χ0n) is 11.6. The molecule has 0 saturated heterocycles. The largest absolute Gasteiger partial charge is 0.373 e. The molecule has 20 heavy (non-hydrogen) atoms. The van der Waals surface area contributed by atoms with Gasteiger partial charge in [0.2, 0.25) is 0 Å². The molecule has 1 saturated carbocycles. The Labute approximate surface area is 123 Å². The van der Waals surface area contributed by atoms with E-state index < -0.39 is 4.92 Å². The molecule has 1 aromatic rings. The van der Waals surface area contributed by atoms with Crippen LogP contribution < -0.4 is 11.1 Å². The van der Waals surface area contributed by atoms with Crippen molar-refractivity contribution in [3.8, 4) is 0 Å². The van der Waals surface area contributed by atoms with Gasteiger partial charge in [-0.25, -0.2) is 0 Å². The summed E-state index contributed by atoms with van der Waals surface area (Å²) < 4.78 is 0. The van der Waals surface area contributed by atoms with Gasteiger partial charge in [-0.3, -0.25) is 10.1 Å². The Morgan fingerprint density at radius 3 is 2.90 bits per heavy atom. The van der Waals surface area contributed by atoms with Crippen molar-refractivity contribution in [1.29, 1.82) is 0 Å². The van der Waals surface area contributed by atoms with Crippen molar-refractivity contribution in [3.63, 3.8) is 0 Å². The molecule has 5 nitrogen and oxygen atoms in total. The van der Waals surface area contributed by atoms with Crippen molar-refractivity contribution in [1.82, 2.24) is 0 Å². The van der Waals surface area contributed by atoms with Crippen molar-refractivity contribution in [2.75, 3.05) is 11.9 Å². The van der Waals surface area contributed by atoms with Crippen LogP contribution in [0.2, 0.25) is 5.02 Å². The summed E-state index contributed by atoms with van der Waals surface area (Å²) in [4.78, 5) is 10.8. The highest BCUT2D eigenvalue weighted by molar-refractivity contribution is 6.30. The van der Waals surface area contributed by atoms with E-state index in [0.717, 1.165) is 19.3 Å². The molecule has 1 fully saturated rings. The fourth-order valence-electron chi connectivity index (χ4n) is 2.98. The van der Waals surface area contributed by atoms with E-state index in [1.165, 1.54) is 12.5 Å². The standard InChI is InChI=1S/C14H20ClN3O2/c1-10-4-2-3-7-14(10,9-16)17-12-6-5-11(15)8-13(12)18(19)20/h5-6,8,10,17H,2-4,7,9,16H2,1H3. The van der Waals surface area contributed by atoms with E-state index >= 15 is 0 Å². The van der Waals surface area contributed by atoms with Crippen LogP contribution in [0.1, 0.15) is 32.6 Å². The molecule has 0 bridgehead atoms. The SMILES string of the molecule is CC1CCCCC1(CN)Nc1ccc(Cl)cc1[N+](=O)[O-]. The normalized spacial score (nSPS) is 26.2. The third kappa shape index (κ3) is 2.88. The Morgan fingerprint density at radius 2 is 2.30 bits per heavy atom. The van der Waals surface area contributed by atoms with Crippen molar-refractivity contribution >= 4 is 23.0 Å². The summed E-state index contributed by atoms with van der Waals surface area (Å²) in [5.74, 6) is 0.386. The third-order valence-corrected chi connectivity index (χ3v) is 4.59. The predicted octanol–water partition coefficient (Wildman–Crippen LogP) is 3.57. The molecule has 2 rings (SSSR count). The number of benzene rings is 1. The van der Waals surface area contributed by atoms with Crippen LogP contribution in [0.15, 0.2) is 18.2 Å². The summed E-state index contributed by atoms with van der Waals surface area (Å²) in [5.41, 5.74) is 6.21. The molecule has 2 atom stereocenters. The van der Waals surface area contributed by atoms with E-state index in [4.69, 9.17) is 17.3 Å². The summed E-state index contributed by atoms with van der Waals surface area (Å²) in [6.07, 6.45) is 4.30. The molecule has 0 heterocycles. The quantitative estimate of drug-likeness (QED) is 0.657. The maximum atomic E-state index is 11.2. The van der Waals surface area contributed by atoms with Crippen LogP contribution in [0, 0.1) is 16.0 Å². The molecule has 0 spiro atoms. The topological polar surface area (TPSA) is 81.2 Å². The first kappa shape index (κ1) is 15.1. The highest BCUT2D eigenvalue weighted by Crippen LogP contribution is 2.38. The van der Waals surface area contributed by atoms with Crippen LogP contribution in [0.25, 0.3) is 0 Å². The highest BCUT2D eigenvalue weighted by atomic mass is 35.5. The fraction of sp³-hybridized carbons (Fsp3) is 0.571. The molecular weight excluding hydrogens is 278 g/mol. The minimum absolute atomic E-state index is 0.00287. The minimum Gasteiger partial charge on any atom is -0.373 e. The van der Waals surface area contributed by atoms with E-state index in [9.17, 15) is 10.1 Å². The first-order chi connectivity index (χ1) is 9.48. The maximum Gasteiger partial charge on any atom is 0.293 e. The number of nitro groups is 1. The predicted molar refractivity (Wildman–Crippen MR) is 81.1 cm³/mol. The van der Waals surface area contributed by atoms with Crippen molar-refractivity contribution in [3.05, 3.63) is 33.3 Å². The lowest BCUT2D eigenvalue weighted by molar-refractivity contribution is -0.384. The van der Waals surface area contributed by atoms with Crippen molar-refractivity contribution in [2.24, 2.45) is 11.7 Å². The van der Waals surface area contributed by atoms with Gasteiger partial charge in [0.1, 0.15) is 5.69 Å². The van der Waals surface area contributed by atoms with Gasteiger partial charge in [0.05, 0.1) is 10.5 Å². The summed E-state index contributed by atoms with van der Waals surface area (Å²) >= 11 is 5.84. The number of nitrogens with zero attached hydrogens (tertiary/aromatic N) is 1. The van der Waals surface area contributed by atoms with Gasteiger partial charge in [-0.2, -0.15) is 0 Å². The Hall–Kier alpha value is -1.33. The second-order valence-corrected chi connectivity index (χ2v) is 5.99. The van der Waals surface area contributed by atoms with Crippen LogP contribution in [-0.2, 0) is 0 Å². The molecule has 0 aromatic heterocycles. The molecule has 2 unspecified atom stereocenters. The number of nitrogens with two attached hydrogens (primary N) is 1. The first-order valence-electron chi connectivity index (χ1n) is 6.91. The van der Waals surface area contributed by atoms with Crippen LogP contribution >= 0.6 is 11.6 Å². The molecule has 0 aliphatic heterocycles. The van der Waals surface area contributed by atoms with E-state index in [2.05, 4.69) is 12.2 Å². The summed E-state index contributed by atoms with van der Waals surface area (Å²) in [6, 6.07) is 4.70. The Bertz CT molecular complexity index is 509. The number of halogens is 1. The second-order valence-electron chi connectivity index (χ2n) is 5.55. The van der Waals surface area contributed by atoms with Crippen molar-refractivity contribution in [2.45, 2.75) is 38.1 Å². The zero-order valence-corrected chi connectivity index (χ0v) is 12.3. The van der Waals surface area contributed by atoms with Crippen LogP contribution in [-0.4, -0.2) is 17.0 Å². The third-order valence-electron chi connectivity index (χ3n) is 4.36. The summed E-state index contributed by atoms with van der Waals surface area (Å²) in [5, 5.41) is 14.9. The van der Waals surface area contributed by atoms with Crippen molar-refractivity contribution < 1.29 is 4.92 Å². The van der Waals surface area contributed by atoms with E-state index in [1.807, 2.05) is 0 Å². The average molecular weight is 298 g/mol. The molecule has 1 aromatic carbocycles. The second kappa shape index (κ2) is 5.97. The Kier molecular flexibility index (Phi) is 4.50.